The van der Waals surface area contributed by atoms with Crippen molar-refractivity contribution in [1.82, 2.24) is 4.90 Å². The molecule has 0 N–H and O–H groups in total. The fourth-order valence-electron chi connectivity index (χ4n) is 1.10. The number of hydrogen-bond acceptors (Lipinski definition) is 4. The number of allylic oxidation sites excluding steroid dienone is 1. The zero-order valence-corrected chi connectivity index (χ0v) is 8.74. The van der Waals surface area contributed by atoms with Gasteiger partial charge < -0.3 is 9.64 Å². The van der Waals surface area contributed by atoms with Crippen LogP contribution in [0.25, 0.3) is 0 Å². The molecule has 0 spiro atoms. The lowest BCUT2D eigenvalue weighted by Crippen LogP contribution is -2.19. The Morgan fingerprint density at radius 3 is 2.86 bits per heavy atom. The van der Waals surface area contributed by atoms with Crippen molar-refractivity contribution in [2.24, 2.45) is 0 Å². The maximum atomic E-state index is 12.5. The minimum Gasteiger partial charge on any atom is -0.462 e. The third-order valence-electron chi connectivity index (χ3n) is 1.71. The standard InChI is InChI=1S/C8H11F2NO2S/c1-3-13-8(12)6-5(7(9)10)11(2)4-14-6/h7H,3-4H2,1-2H3. The van der Waals surface area contributed by atoms with Crippen molar-refractivity contribution in [1.29, 1.82) is 0 Å². The van der Waals surface area contributed by atoms with Crippen LogP contribution in [0.4, 0.5) is 8.78 Å². The van der Waals surface area contributed by atoms with E-state index in [4.69, 9.17) is 0 Å². The first-order chi connectivity index (χ1) is 6.57. The number of esters is 1. The second kappa shape index (κ2) is 4.63. The van der Waals surface area contributed by atoms with Crippen LogP contribution in [0.15, 0.2) is 10.6 Å². The zero-order valence-electron chi connectivity index (χ0n) is 7.92. The highest BCUT2D eigenvalue weighted by atomic mass is 32.2. The van der Waals surface area contributed by atoms with Crippen LogP contribution in [0.1, 0.15) is 6.92 Å². The summed E-state index contributed by atoms with van der Waals surface area (Å²) in [6.45, 7) is 1.84. The van der Waals surface area contributed by atoms with Gasteiger partial charge in [0.1, 0.15) is 10.6 Å². The van der Waals surface area contributed by atoms with Gasteiger partial charge in [0.15, 0.2) is 0 Å². The van der Waals surface area contributed by atoms with Crippen molar-refractivity contribution >= 4 is 17.7 Å². The van der Waals surface area contributed by atoms with Crippen molar-refractivity contribution in [2.45, 2.75) is 13.3 Å². The van der Waals surface area contributed by atoms with Gasteiger partial charge in [-0.3, -0.25) is 0 Å². The first-order valence-corrected chi connectivity index (χ1v) is 5.09. The molecule has 1 aliphatic rings. The first kappa shape index (κ1) is 11.3. The van der Waals surface area contributed by atoms with E-state index in [1.165, 1.54) is 11.9 Å². The van der Waals surface area contributed by atoms with Gasteiger partial charge in [-0.25, -0.2) is 13.6 Å². The number of hydrogen-bond donors (Lipinski definition) is 0. The van der Waals surface area contributed by atoms with E-state index in [1.807, 2.05) is 0 Å². The molecule has 0 bridgehead atoms. The molecule has 0 unspecified atom stereocenters. The summed E-state index contributed by atoms with van der Waals surface area (Å²) in [6.07, 6.45) is -2.63. The van der Waals surface area contributed by atoms with Gasteiger partial charge in [0.25, 0.3) is 6.43 Å². The molecule has 1 heterocycles. The molecule has 0 aliphatic carbocycles. The van der Waals surface area contributed by atoms with E-state index < -0.39 is 12.4 Å². The predicted molar refractivity (Wildman–Crippen MR) is 49.9 cm³/mol. The van der Waals surface area contributed by atoms with E-state index in [1.54, 1.807) is 6.92 Å². The highest BCUT2D eigenvalue weighted by molar-refractivity contribution is 8.04. The lowest BCUT2D eigenvalue weighted by atomic mass is 10.4. The molecule has 1 aliphatic heterocycles. The average molecular weight is 223 g/mol. The van der Waals surface area contributed by atoms with Gasteiger partial charge in [-0.05, 0) is 6.92 Å². The molecule has 0 atom stereocenters. The van der Waals surface area contributed by atoms with Gasteiger partial charge in [-0.1, -0.05) is 11.8 Å². The highest BCUT2D eigenvalue weighted by Gasteiger charge is 2.32. The first-order valence-electron chi connectivity index (χ1n) is 4.11. The molecule has 14 heavy (non-hydrogen) atoms. The Labute approximate surface area is 85.1 Å². The second-order valence-corrected chi connectivity index (χ2v) is 3.66. The average Bonchev–Trinajstić information content (AvgIpc) is 2.47. The molecule has 6 heteroatoms. The smallest absolute Gasteiger partial charge is 0.346 e. The molecule has 3 nitrogen and oxygen atoms in total. The largest absolute Gasteiger partial charge is 0.462 e. The van der Waals surface area contributed by atoms with E-state index >= 15 is 0 Å². The summed E-state index contributed by atoms with van der Waals surface area (Å²) in [5.74, 6) is -0.287. The lowest BCUT2D eigenvalue weighted by Gasteiger charge is -2.13. The Balaban J connectivity index is 2.87. The molecular formula is C8H11F2NO2S. The Morgan fingerprint density at radius 1 is 1.71 bits per heavy atom. The summed E-state index contributed by atoms with van der Waals surface area (Å²) in [7, 11) is 1.53. The fraction of sp³-hybridized carbons (Fsp3) is 0.625. The van der Waals surface area contributed by atoms with E-state index in [0.717, 1.165) is 11.8 Å². The van der Waals surface area contributed by atoms with Crippen LogP contribution in [0, 0.1) is 0 Å². The predicted octanol–water partition coefficient (Wildman–Crippen LogP) is 1.66. The molecule has 0 amide bonds. The van der Waals surface area contributed by atoms with Crippen LogP contribution < -0.4 is 0 Å². The van der Waals surface area contributed by atoms with Crippen LogP contribution in [-0.2, 0) is 9.53 Å². The highest BCUT2D eigenvalue weighted by Crippen LogP contribution is 2.34. The van der Waals surface area contributed by atoms with Gasteiger partial charge in [-0.15, -0.1) is 0 Å². The minimum absolute atomic E-state index is 0.0318. The Bertz CT molecular complexity index is 268. The van der Waals surface area contributed by atoms with Crippen LogP contribution in [0.2, 0.25) is 0 Å². The van der Waals surface area contributed by atoms with Crippen LogP contribution in [0.3, 0.4) is 0 Å². The fourth-order valence-corrected chi connectivity index (χ4v) is 2.14. The van der Waals surface area contributed by atoms with Gasteiger partial charge in [0.05, 0.1) is 12.5 Å². The molecular weight excluding hydrogens is 212 g/mol. The number of rotatable bonds is 3. The number of alkyl halides is 2. The van der Waals surface area contributed by atoms with Crippen molar-refractivity contribution in [2.75, 3.05) is 19.5 Å². The normalized spacial score (nSPS) is 16.8. The molecule has 0 saturated carbocycles. The van der Waals surface area contributed by atoms with E-state index in [-0.39, 0.29) is 17.2 Å². The summed E-state index contributed by atoms with van der Waals surface area (Å²) >= 11 is 1.09. The van der Waals surface area contributed by atoms with Gasteiger partial charge in [0, 0.05) is 7.05 Å². The third kappa shape index (κ3) is 2.17. The molecule has 80 valence electrons. The number of halogens is 2. The lowest BCUT2D eigenvalue weighted by molar-refractivity contribution is -0.137. The third-order valence-corrected chi connectivity index (χ3v) is 2.89. The number of carbonyl (C=O) groups is 1. The summed E-state index contributed by atoms with van der Waals surface area (Å²) in [6, 6.07) is 0. The molecule has 0 aromatic heterocycles. The van der Waals surface area contributed by atoms with E-state index in [0.29, 0.717) is 5.88 Å². The summed E-state index contributed by atoms with van der Waals surface area (Å²) < 4.78 is 29.7. The molecule has 0 aromatic rings. The molecule has 0 saturated heterocycles. The second-order valence-electron chi connectivity index (χ2n) is 2.71. The summed E-state index contributed by atoms with van der Waals surface area (Å²) in [5.41, 5.74) is -0.228. The minimum atomic E-state index is -2.63. The maximum Gasteiger partial charge on any atom is 0.346 e. The number of nitrogens with zero attached hydrogens (tertiary/aromatic N) is 1. The monoisotopic (exact) mass is 223 g/mol. The topological polar surface area (TPSA) is 29.5 Å². The Hall–Kier alpha value is -0.780. The van der Waals surface area contributed by atoms with Crippen LogP contribution >= 0.6 is 11.8 Å². The van der Waals surface area contributed by atoms with Crippen molar-refractivity contribution in [3.8, 4) is 0 Å². The van der Waals surface area contributed by atoms with Crippen molar-refractivity contribution < 1.29 is 18.3 Å². The summed E-state index contributed by atoms with van der Waals surface area (Å²) in [5, 5.41) is 0. The number of thioether (sulfide) groups is 1. The summed E-state index contributed by atoms with van der Waals surface area (Å²) in [4.78, 5) is 12.6. The quantitative estimate of drug-likeness (QED) is 0.681. The Morgan fingerprint density at radius 2 is 2.36 bits per heavy atom. The number of ether oxygens (including phenoxy) is 1. The van der Waals surface area contributed by atoms with Crippen molar-refractivity contribution in [3.05, 3.63) is 10.6 Å². The molecule has 0 fully saturated rings. The number of carbonyl (C=O) groups excluding carboxylic acids is 1. The van der Waals surface area contributed by atoms with E-state index in [9.17, 15) is 13.6 Å². The maximum absolute atomic E-state index is 12.5. The van der Waals surface area contributed by atoms with Crippen molar-refractivity contribution in [3.63, 3.8) is 0 Å². The van der Waals surface area contributed by atoms with Crippen LogP contribution in [-0.4, -0.2) is 36.8 Å². The molecule has 1 rings (SSSR count). The molecule has 0 aromatic carbocycles. The van der Waals surface area contributed by atoms with Crippen LogP contribution in [0.5, 0.6) is 0 Å². The Kier molecular flexibility index (Phi) is 3.74. The van der Waals surface area contributed by atoms with Gasteiger partial charge in [-0.2, -0.15) is 0 Å². The zero-order chi connectivity index (χ0) is 10.7. The SMILES string of the molecule is CCOC(=O)C1=C(C(F)F)N(C)CS1. The van der Waals surface area contributed by atoms with Gasteiger partial charge >= 0.3 is 5.97 Å². The van der Waals surface area contributed by atoms with E-state index in [2.05, 4.69) is 4.74 Å². The van der Waals surface area contributed by atoms with Gasteiger partial charge in [0.2, 0.25) is 0 Å². The molecule has 0 radical (unpaired) electrons.